The van der Waals surface area contributed by atoms with Crippen molar-refractivity contribution in [2.45, 2.75) is 24.8 Å². The summed E-state index contributed by atoms with van der Waals surface area (Å²) in [5.74, 6) is 0.992. The first kappa shape index (κ1) is 18.8. The van der Waals surface area contributed by atoms with Gasteiger partial charge in [-0.2, -0.15) is 5.26 Å². The van der Waals surface area contributed by atoms with Crippen molar-refractivity contribution >= 4 is 40.1 Å². The average molecular weight is 412 g/mol. The zero-order valence-corrected chi connectivity index (χ0v) is 16.6. The Morgan fingerprint density at radius 2 is 2.25 bits per heavy atom. The summed E-state index contributed by atoms with van der Waals surface area (Å²) < 4.78 is 0. The van der Waals surface area contributed by atoms with Crippen molar-refractivity contribution in [2.24, 2.45) is 16.6 Å². The Labute approximate surface area is 172 Å². The number of nitrogens with two attached hydrogens (primary N) is 1. The van der Waals surface area contributed by atoms with Gasteiger partial charge in [-0.3, -0.25) is 9.79 Å². The third-order valence-electron chi connectivity index (χ3n) is 5.31. The molecule has 0 spiro atoms. The van der Waals surface area contributed by atoms with Crippen LogP contribution >= 0.6 is 23.4 Å². The summed E-state index contributed by atoms with van der Waals surface area (Å²) >= 11 is 7.97. The number of anilines is 1. The van der Waals surface area contributed by atoms with Crippen LogP contribution in [-0.2, 0) is 5.54 Å². The molecule has 1 aliphatic carbocycles. The Morgan fingerprint density at radius 1 is 1.39 bits per heavy atom. The molecule has 1 aromatic heterocycles. The molecule has 2 aliphatic rings. The number of fused-ring (bicyclic) bond motifs is 1. The van der Waals surface area contributed by atoms with Crippen molar-refractivity contribution < 1.29 is 4.79 Å². The van der Waals surface area contributed by atoms with E-state index in [0.29, 0.717) is 27.4 Å². The number of nitriles is 1. The van der Waals surface area contributed by atoms with Crippen molar-refractivity contribution in [2.75, 3.05) is 11.1 Å². The third-order valence-corrected chi connectivity index (χ3v) is 6.48. The Hall–Kier alpha value is -2.56. The number of amides is 1. The molecule has 1 aliphatic heterocycles. The molecule has 28 heavy (non-hydrogen) atoms. The lowest BCUT2D eigenvalue weighted by atomic mass is 9.81. The van der Waals surface area contributed by atoms with Crippen LogP contribution in [0.25, 0.3) is 0 Å². The lowest BCUT2D eigenvalue weighted by Crippen LogP contribution is -2.36. The lowest BCUT2D eigenvalue weighted by molar-refractivity contribution is 0.102. The summed E-state index contributed by atoms with van der Waals surface area (Å²) in [5.41, 5.74) is 7.88. The second kappa shape index (κ2) is 7.46. The van der Waals surface area contributed by atoms with Gasteiger partial charge in [0, 0.05) is 22.7 Å². The maximum Gasteiger partial charge on any atom is 0.274 e. The number of halogens is 1. The highest BCUT2D eigenvalue weighted by molar-refractivity contribution is 8.13. The van der Waals surface area contributed by atoms with Gasteiger partial charge in [-0.15, -0.1) is 0 Å². The van der Waals surface area contributed by atoms with Gasteiger partial charge in [0.15, 0.2) is 5.17 Å². The van der Waals surface area contributed by atoms with Gasteiger partial charge < -0.3 is 11.1 Å². The number of carbonyl (C=O) groups excluding carboxylic acids is 1. The summed E-state index contributed by atoms with van der Waals surface area (Å²) in [6, 6.07) is 10.6. The van der Waals surface area contributed by atoms with Crippen LogP contribution in [-0.4, -0.2) is 21.8 Å². The first-order valence-corrected chi connectivity index (χ1v) is 10.3. The van der Waals surface area contributed by atoms with Crippen LogP contribution in [0.2, 0.25) is 5.02 Å². The van der Waals surface area contributed by atoms with Crippen LogP contribution in [0.4, 0.5) is 5.69 Å². The maximum atomic E-state index is 12.5. The second-order valence-electron chi connectivity index (χ2n) is 7.00. The van der Waals surface area contributed by atoms with Gasteiger partial charge >= 0.3 is 0 Å². The maximum absolute atomic E-state index is 12.5. The third kappa shape index (κ3) is 3.46. The molecule has 3 N–H and O–H groups in total. The number of hydrogen-bond donors (Lipinski definition) is 2. The van der Waals surface area contributed by atoms with Crippen molar-refractivity contribution in [1.29, 1.82) is 5.26 Å². The summed E-state index contributed by atoms with van der Waals surface area (Å²) in [7, 11) is 0. The van der Waals surface area contributed by atoms with Crippen LogP contribution in [0.3, 0.4) is 0 Å². The van der Waals surface area contributed by atoms with Gasteiger partial charge in [-0.05, 0) is 54.7 Å². The van der Waals surface area contributed by atoms with Gasteiger partial charge in [-0.25, -0.2) is 4.98 Å². The van der Waals surface area contributed by atoms with E-state index in [-0.39, 0.29) is 17.1 Å². The van der Waals surface area contributed by atoms with Gasteiger partial charge in [-0.1, -0.05) is 29.8 Å². The molecule has 2 atom stereocenters. The smallest absolute Gasteiger partial charge is 0.274 e. The van der Waals surface area contributed by atoms with E-state index >= 15 is 0 Å². The Morgan fingerprint density at radius 3 is 3.00 bits per heavy atom. The molecular formula is C20H18ClN5OS. The lowest BCUT2D eigenvalue weighted by Gasteiger charge is -2.36. The quantitative estimate of drug-likeness (QED) is 0.796. The SMILES string of the molecule is N#Cc1ccc(C(=O)Nc2cc(Cl)cc([C@]34CCC[C@H]3CSC(N)=N4)c2)nc1. The second-order valence-corrected chi connectivity index (χ2v) is 8.48. The van der Waals surface area contributed by atoms with E-state index in [1.54, 1.807) is 23.9 Å². The number of aromatic nitrogens is 1. The molecule has 4 rings (SSSR count). The molecule has 1 fully saturated rings. The van der Waals surface area contributed by atoms with Gasteiger partial charge in [0.2, 0.25) is 0 Å². The summed E-state index contributed by atoms with van der Waals surface area (Å²) in [5, 5.41) is 12.8. The molecule has 1 aromatic carbocycles. The number of thioether (sulfide) groups is 1. The molecule has 6 nitrogen and oxygen atoms in total. The van der Waals surface area contributed by atoms with E-state index in [1.807, 2.05) is 18.2 Å². The van der Waals surface area contributed by atoms with E-state index in [2.05, 4.69) is 10.3 Å². The molecule has 0 unspecified atom stereocenters. The zero-order chi connectivity index (χ0) is 19.7. The van der Waals surface area contributed by atoms with Crippen LogP contribution in [0, 0.1) is 17.2 Å². The topological polar surface area (TPSA) is 104 Å². The van der Waals surface area contributed by atoms with Crippen LogP contribution in [0.1, 0.15) is 40.9 Å². The number of hydrogen-bond acceptors (Lipinski definition) is 6. The number of rotatable bonds is 3. The normalized spacial score (nSPS) is 23.4. The van der Waals surface area contributed by atoms with Gasteiger partial charge in [0.25, 0.3) is 5.91 Å². The van der Waals surface area contributed by atoms with Crippen LogP contribution in [0.5, 0.6) is 0 Å². The molecule has 0 bridgehead atoms. The highest BCUT2D eigenvalue weighted by atomic mass is 35.5. The Bertz CT molecular complexity index is 1000. The highest BCUT2D eigenvalue weighted by Crippen LogP contribution is 2.51. The molecule has 2 heterocycles. The van der Waals surface area contributed by atoms with Crippen molar-refractivity contribution in [3.8, 4) is 6.07 Å². The number of pyridine rings is 1. The fourth-order valence-corrected chi connectivity index (χ4v) is 5.27. The van der Waals surface area contributed by atoms with Crippen molar-refractivity contribution in [1.82, 2.24) is 4.98 Å². The Balaban J connectivity index is 1.65. The predicted octanol–water partition coefficient (Wildman–Crippen LogP) is 3.92. The molecule has 142 valence electrons. The number of nitrogens with one attached hydrogen (secondary N) is 1. The van der Waals surface area contributed by atoms with E-state index in [4.69, 9.17) is 27.6 Å². The first-order valence-electron chi connectivity index (χ1n) is 8.97. The minimum absolute atomic E-state index is 0.230. The summed E-state index contributed by atoms with van der Waals surface area (Å²) in [6.45, 7) is 0. The molecule has 2 aromatic rings. The van der Waals surface area contributed by atoms with Crippen molar-refractivity contribution in [3.05, 3.63) is 58.4 Å². The van der Waals surface area contributed by atoms with E-state index in [9.17, 15) is 4.79 Å². The highest BCUT2D eigenvalue weighted by Gasteiger charge is 2.46. The van der Waals surface area contributed by atoms with E-state index in [0.717, 1.165) is 30.6 Å². The Kier molecular flexibility index (Phi) is 5.00. The molecule has 0 saturated heterocycles. The number of benzene rings is 1. The largest absolute Gasteiger partial charge is 0.379 e. The zero-order valence-electron chi connectivity index (χ0n) is 15.0. The summed E-state index contributed by atoms with van der Waals surface area (Å²) in [6.07, 6.45) is 4.49. The molecule has 8 heteroatoms. The summed E-state index contributed by atoms with van der Waals surface area (Å²) in [4.78, 5) is 21.4. The monoisotopic (exact) mass is 411 g/mol. The first-order chi connectivity index (χ1) is 13.5. The van der Waals surface area contributed by atoms with Gasteiger partial charge in [0.05, 0.1) is 11.1 Å². The minimum Gasteiger partial charge on any atom is -0.379 e. The molecule has 1 amide bonds. The number of nitrogens with zero attached hydrogens (tertiary/aromatic N) is 3. The fourth-order valence-electron chi connectivity index (χ4n) is 3.99. The molecule has 0 radical (unpaired) electrons. The standard InChI is InChI=1S/C20H18ClN5OS/c21-15-6-14(20-5-1-2-13(20)11-28-19(23)26-20)7-16(8-15)25-18(27)17-4-3-12(9-22)10-24-17/h3-4,6-8,10,13H,1-2,5,11H2,(H2,23,26)(H,25,27)/t13-,20-/m0/s1. The van der Waals surface area contributed by atoms with E-state index < -0.39 is 0 Å². The van der Waals surface area contributed by atoms with Crippen LogP contribution in [0.15, 0.2) is 41.5 Å². The molecular weight excluding hydrogens is 394 g/mol. The number of amidine groups is 1. The van der Waals surface area contributed by atoms with E-state index in [1.165, 1.54) is 12.3 Å². The fraction of sp³-hybridized carbons (Fsp3) is 0.300. The average Bonchev–Trinajstić information content (AvgIpc) is 3.12. The predicted molar refractivity (Wildman–Crippen MR) is 111 cm³/mol. The molecule has 1 saturated carbocycles. The number of aliphatic imine (C=N–C) groups is 1. The van der Waals surface area contributed by atoms with Gasteiger partial charge in [0.1, 0.15) is 11.8 Å². The van der Waals surface area contributed by atoms with Crippen molar-refractivity contribution in [3.63, 3.8) is 0 Å². The number of carbonyl (C=O) groups is 1. The minimum atomic E-state index is -0.369. The van der Waals surface area contributed by atoms with Crippen LogP contribution < -0.4 is 11.1 Å².